The van der Waals surface area contributed by atoms with Gasteiger partial charge in [-0.1, -0.05) is 40.2 Å². The molecule has 1 aliphatic heterocycles. The van der Waals surface area contributed by atoms with Crippen LogP contribution in [0.25, 0.3) is 0 Å². The van der Waals surface area contributed by atoms with Crippen LogP contribution in [0.15, 0.2) is 53.0 Å². The molecule has 2 N–H and O–H groups in total. The van der Waals surface area contributed by atoms with E-state index in [1.54, 1.807) is 0 Å². The molecule has 0 aromatic heterocycles. The molecule has 0 saturated carbocycles. The first-order valence-electron chi connectivity index (χ1n) is 7.29. The van der Waals surface area contributed by atoms with Gasteiger partial charge in [-0.05, 0) is 24.3 Å². The van der Waals surface area contributed by atoms with Crippen molar-refractivity contribution in [3.8, 4) is 0 Å². The minimum Gasteiger partial charge on any atom is -0.398 e. The molecule has 3 rings (SSSR count). The maximum absolute atomic E-state index is 6.09. The summed E-state index contributed by atoms with van der Waals surface area (Å²) in [5.41, 5.74) is 9.48. The molecule has 2 aromatic rings. The summed E-state index contributed by atoms with van der Waals surface area (Å²) in [7, 11) is 0. The molecule has 0 radical (unpaired) electrons. The van der Waals surface area contributed by atoms with Crippen molar-refractivity contribution in [2.24, 2.45) is 0 Å². The second kappa shape index (κ2) is 6.50. The summed E-state index contributed by atoms with van der Waals surface area (Å²) in [4.78, 5) is 4.91. The second-order valence-corrected chi connectivity index (χ2v) is 6.26. The molecule has 0 atom stereocenters. The summed E-state index contributed by atoms with van der Waals surface area (Å²) < 4.78 is 1.10. The van der Waals surface area contributed by atoms with Gasteiger partial charge in [0.05, 0.1) is 0 Å². The Morgan fingerprint density at radius 2 is 1.62 bits per heavy atom. The number of piperazine rings is 1. The van der Waals surface area contributed by atoms with Crippen LogP contribution in [0, 0.1) is 0 Å². The molecule has 0 spiro atoms. The predicted octanol–water partition coefficient (Wildman–Crippen LogP) is 3.35. The van der Waals surface area contributed by atoms with Gasteiger partial charge in [0, 0.05) is 54.1 Å². The Labute approximate surface area is 134 Å². The summed E-state index contributed by atoms with van der Waals surface area (Å²) in [6.07, 6.45) is 0. The van der Waals surface area contributed by atoms with E-state index in [0.717, 1.165) is 42.9 Å². The van der Waals surface area contributed by atoms with E-state index in [1.165, 1.54) is 11.3 Å². The zero-order valence-corrected chi connectivity index (χ0v) is 13.6. The van der Waals surface area contributed by atoms with Crippen LogP contribution in [0.3, 0.4) is 0 Å². The number of para-hydroxylation sites is 1. The van der Waals surface area contributed by atoms with Crippen LogP contribution in [-0.2, 0) is 6.54 Å². The smallest absolute Gasteiger partial charge is 0.0371 e. The van der Waals surface area contributed by atoms with Gasteiger partial charge in [0.15, 0.2) is 0 Å². The molecular weight excluding hydrogens is 326 g/mol. The van der Waals surface area contributed by atoms with Crippen LogP contribution in [0.1, 0.15) is 5.56 Å². The number of rotatable bonds is 3. The Morgan fingerprint density at radius 3 is 2.29 bits per heavy atom. The Balaban J connectivity index is 1.62. The van der Waals surface area contributed by atoms with E-state index in [2.05, 4.69) is 62.1 Å². The average Bonchev–Trinajstić information content (AvgIpc) is 2.53. The molecule has 1 fully saturated rings. The highest BCUT2D eigenvalue weighted by atomic mass is 79.9. The summed E-state index contributed by atoms with van der Waals surface area (Å²) in [6.45, 7) is 5.17. The molecule has 3 nitrogen and oxygen atoms in total. The number of nitrogens with two attached hydrogens (primary N) is 1. The number of halogens is 1. The van der Waals surface area contributed by atoms with Crippen LogP contribution < -0.4 is 10.6 Å². The maximum atomic E-state index is 6.09. The number of hydrogen-bond acceptors (Lipinski definition) is 3. The van der Waals surface area contributed by atoms with E-state index in [9.17, 15) is 0 Å². The zero-order valence-electron chi connectivity index (χ0n) is 12.0. The highest BCUT2D eigenvalue weighted by Gasteiger charge is 2.18. The van der Waals surface area contributed by atoms with Crippen molar-refractivity contribution in [1.29, 1.82) is 0 Å². The predicted molar refractivity (Wildman–Crippen MR) is 92.5 cm³/mol. The Morgan fingerprint density at radius 1 is 0.905 bits per heavy atom. The molecule has 0 unspecified atom stereocenters. The monoisotopic (exact) mass is 345 g/mol. The maximum Gasteiger partial charge on any atom is 0.0371 e. The molecule has 21 heavy (non-hydrogen) atoms. The molecule has 4 heteroatoms. The highest BCUT2D eigenvalue weighted by molar-refractivity contribution is 9.10. The summed E-state index contributed by atoms with van der Waals surface area (Å²) >= 11 is 3.61. The number of nitrogen functional groups attached to an aromatic ring is 1. The Kier molecular flexibility index (Phi) is 4.46. The fraction of sp³-hybridized carbons (Fsp3) is 0.294. The summed E-state index contributed by atoms with van der Waals surface area (Å²) in [5, 5.41) is 0. The van der Waals surface area contributed by atoms with Gasteiger partial charge in [-0.15, -0.1) is 0 Å². The SMILES string of the molecule is Nc1cccc(Br)c1CN1CCN(c2ccccc2)CC1. The van der Waals surface area contributed by atoms with E-state index in [1.807, 2.05) is 12.1 Å². The van der Waals surface area contributed by atoms with E-state index >= 15 is 0 Å². The minimum atomic E-state index is 0.870. The van der Waals surface area contributed by atoms with Crippen LogP contribution in [0.4, 0.5) is 11.4 Å². The minimum absolute atomic E-state index is 0.870. The fourth-order valence-corrected chi connectivity index (χ4v) is 3.28. The lowest BCUT2D eigenvalue weighted by Gasteiger charge is -2.36. The largest absolute Gasteiger partial charge is 0.398 e. The van der Waals surface area contributed by atoms with Crippen LogP contribution in [0.5, 0.6) is 0 Å². The van der Waals surface area contributed by atoms with Crippen LogP contribution >= 0.6 is 15.9 Å². The lowest BCUT2D eigenvalue weighted by atomic mass is 10.1. The number of nitrogens with zero attached hydrogens (tertiary/aromatic N) is 2. The average molecular weight is 346 g/mol. The third kappa shape index (κ3) is 3.39. The van der Waals surface area contributed by atoms with E-state index in [4.69, 9.17) is 5.73 Å². The number of anilines is 2. The normalized spacial score (nSPS) is 16.1. The van der Waals surface area contributed by atoms with Crippen molar-refractivity contribution in [2.75, 3.05) is 36.8 Å². The third-order valence-corrected chi connectivity index (χ3v) is 4.77. The quantitative estimate of drug-likeness (QED) is 0.865. The summed E-state index contributed by atoms with van der Waals surface area (Å²) in [5.74, 6) is 0. The van der Waals surface area contributed by atoms with Gasteiger partial charge in [0.1, 0.15) is 0 Å². The molecule has 1 heterocycles. The molecule has 2 aromatic carbocycles. The van der Waals surface area contributed by atoms with Crippen molar-refractivity contribution in [3.05, 3.63) is 58.6 Å². The van der Waals surface area contributed by atoms with Gasteiger partial charge in [-0.2, -0.15) is 0 Å². The zero-order chi connectivity index (χ0) is 14.7. The topological polar surface area (TPSA) is 32.5 Å². The van der Waals surface area contributed by atoms with Gasteiger partial charge in [0.25, 0.3) is 0 Å². The van der Waals surface area contributed by atoms with Crippen molar-refractivity contribution in [1.82, 2.24) is 4.90 Å². The molecule has 110 valence electrons. The third-order valence-electron chi connectivity index (χ3n) is 4.03. The molecule has 0 aliphatic carbocycles. The second-order valence-electron chi connectivity index (χ2n) is 5.41. The summed E-state index contributed by atoms with van der Waals surface area (Å²) in [6, 6.07) is 16.6. The van der Waals surface area contributed by atoms with Crippen LogP contribution in [0.2, 0.25) is 0 Å². The van der Waals surface area contributed by atoms with Gasteiger partial charge in [-0.25, -0.2) is 0 Å². The Hall–Kier alpha value is -1.52. The Bertz CT molecular complexity index is 572. The molecule has 1 aliphatic rings. The standard InChI is InChI=1S/C17H20BrN3/c18-16-7-4-8-17(19)15(16)13-20-9-11-21(12-10-20)14-5-2-1-3-6-14/h1-8H,9-13,19H2. The van der Waals surface area contributed by atoms with Gasteiger partial charge < -0.3 is 10.6 Å². The van der Waals surface area contributed by atoms with E-state index in [0.29, 0.717) is 0 Å². The van der Waals surface area contributed by atoms with Crippen molar-refractivity contribution < 1.29 is 0 Å². The molecule has 0 bridgehead atoms. The molecule has 1 saturated heterocycles. The lowest BCUT2D eigenvalue weighted by molar-refractivity contribution is 0.250. The van der Waals surface area contributed by atoms with Crippen molar-refractivity contribution in [2.45, 2.75) is 6.54 Å². The van der Waals surface area contributed by atoms with Gasteiger partial charge >= 0.3 is 0 Å². The molecule has 0 amide bonds. The van der Waals surface area contributed by atoms with Gasteiger partial charge in [-0.3, -0.25) is 4.90 Å². The van der Waals surface area contributed by atoms with Crippen molar-refractivity contribution >= 4 is 27.3 Å². The van der Waals surface area contributed by atoms with E-state index in [-0.39, 0.29) is 0 Å². The first-order valence-corrected chi connectivity index (χ1v) is 8.08. The first kappa shape index (κ1) is 14.4. The molecular formula is C17H20BrN3. The van der Waals surface area contributed by atoms with Gasteiger partial charge in [0.2, 0.25) is 0 Å². The fourth-order valence-electron chi connectivity index (χ4n) is 2.77. The number of hydrogen-bond donors (Lipinski definition) is 1. The van der Waals surface area contributed by atoms with Crippen molar-refractivity contribution in [3.63, 3.8) is 0 Å². The lowest BCUT2D eigenvalue weighted by Crippen LogP contribution is -2.46. The number of benzene rings is 2. The van der Waals surface area contributed by atoms with Crippen LogP contribution in [-0.4, -0.2) is 31.1 Å². The first-order chi connectivity index (χ1) is 10.2. The highest BCUT2D eigenvalue weighted by Crippen LogP contribution is 2.25. The van der Waals surface area contributed by atoms with E-state index < -0.39 is 0 Å².